The van der Waals surface area contributed by atoms with Crippen LogP contribution >= 0.6 is 0 Å². The predicted molar refractivity (Wildman–Crippen MR) is 96.6 cm³/mol. The highest BCUT2D eigenvalue weighted by Gasteiger charge is 2.37. The first kappa shape index (κ1) is 16.4. The van der Waals surface area contributed by atoms with Crippen LogP contribution in [0.1, 0.15) is 6.92 Å². The van der Waals surface area contributed by atoms with Crippen molar-refractivity contribution in [1.29, 1.82) is 0 Å². The maximum absolute atomic E-state index is 9.00. The summed E-state index contributed by atoms with van der Waals surface area (Å²) in [5, 5.41) is 19.4. The van der Waals surface area contributed by atoms with Gasteiger partial charge in [-0.15, -0.1) is 0 Å². The summed E-state index contributed by atoms with van der Waals surface area (Å²) in [6, 6.07) is 0.113. The lowest BCUT2D eigenvalue weighted by Gasteiger charge is -2.30. The molecule has 3 unspecified atom stereocenters. The average molecular weight is 325 g/mol. The molecule has 0 saturated heterocycles. The first-order chi connectivity index (χ1) is 11.7. The minimum Gasteiger partial charge on any atom is -0.299 e. The molecule has 2 aliphatic heterocycles. The summed E-state index contributed by atoms with van der Waals surface area (Å²) < 4.78 is 0. The van der Waals surface area contributed by atoms with Gasteiger partial charge in [-0.2, -0.15) is 5.10 Å². The van der Waals surface area contributed by atoms with Crippen LogP contribution in [0.2, 0.25) is 0 Å². The fourth-order valence-corrected chi connectivity index (χ4v) is 3.19. The van der Waals surface area contributed by atoms with E-state index in [1.807, 2.05) is 43.5 Å². The molecule has 126 valence electrons. The van der Waals surface area contributed by atoms with Crippen LogP contribution in [0.25, 0.3) is 0 Å². The topological polar surface area (TPSA) is 72.2 Å². The lowest BCUT2D eigenvalue weighted by atomic mass is 9.91. The maximum Gasteiger partial charge on any atom is 0.149 e. The highest BCUT2D eigenvalue weighted by Crippen LogP contribution is 2.29. The molecule has 0 fully saturated rings. The van der Waals surface area contributed by atoms with Gasteiger partial charge in [-0.1, -0.05) is 55.5 Å². The number of hydrazone groups is 1. The Morgan fingerprint density at radius 2 is 1.83 bits per heavy atom. The van der Waals surface area contributed by atoms with Gasteiger partial charge in [0.05, 0.1) is 11.8 Å². The van der Waals surface area contributed by atoms with Gasteiger partial charge in [0.1, 0.15) is 12.0 Å². The number of aliphatic imine (C=N–C) groups is 1. The van der Waals surface area contributed by atoms with Gasteiger partial charge in [-0.3, -0.25) is 21.0 Å². The number of hydroxylamine groups is 1. The van der Waals surface area contributed by atoms with Crippen molar-refractivity contribution >= 4 is 11.5 Å². The first-order valence-electron chi connectivity index (χ1n) is 8.13. The highest BCUT2D eigenvalue weighted by molar-refractivity contribution is 5.97. The van der Waals surface area contributed by atoms with E-state index in [-0.39, 0.29) is 24.0 Å². The molecule has 6 nitrogen and oxygen atoms in total. The zero-order valence-corrected chi connectivity index (χ0v) is 13.9. The largest absolute Gasteiger partial charge is 0.299 e. The second-order valence-corrected chi connectivity index (χ2v) is 5.92. The van der Waals surface area contributed by atoms with Crippen LogP contribution in [-0.2, 0) is 0 Å². The molecule has 6 heteroatoms. The standard InChI is InChI=1S/C18H23N5O/c1-13-17(14-9-10-16(22-24)20-12-11-14)21-23(18(13)19-2)15-7-5-3-4-6-8-15/h3-15,18-19,24H,1-2H3,(H,20,22). The Bertz CT molecular complexity index is 655. The molecule has 0 aromatic rings. The normalized spacial score (nSPS) is 29.5. The van der Waals surface area contributed by atoms with Crippen molar-refractivity contribution in [2.45, 2.75) is 19.1 Å². The molecule has 0 amide bonds. The van der Waals surface area contributed by atoms with Crippen LogP contribution in [-0.4, -0.2) is 41.0 Å². The van der Waals surface area contributed by atoms with Crippen molar-refractivity contribution < 1.29 is 5.21 Å². The molecule has 3 N–H and O–H groups in total. The van der Waals surface area contributed by atoms with Crippen molar-refractivity contribution in [3.8, 4) is 0 Å². The Morgan fingerprint density at radius 1 is 1.08 bits per heavy atom. The summed E-state index contributed by atoms with van der Waals surface area (Å²) in [6.07, 6.45) is 20.0. The summed E-state index contributed by atoms with van der Waals surface area (Å²) in [4.78, 5) is 4.12. The van der Waals surface area contributed by atoms with Crippen molar-refractivity contribution in [1.82, 2.24) is 15.8 Å². The molecule has 0 bridgehead atoms. The van der Waals surface area contributed by atoms with Crippen molar-refractivity contribution in [3.05, 3.63) is 60.9 Å². The Balaban J connectivity index is 1.86. The van der Waals surface area contributed by atoms with Gasteiger partial charge in [-0.05, 0) is 13.1 Å². The SMILES string of the molecule is CNC1C(C)C(C2C=CN=C(NO)C=C2)=NN1C1C=CC=CC=C1. The lowest BCUT2D eigenvalue weighted by molar-refractivity contribution is 0.167. The summed E-state index contributed by atoms with van der Waals surface area (Å²) in [5.74, 6) is 0.714. The van der Waals surface area contributed by atoms with E-state index < -0.39 is 0 Å². The van der Waals surface area contributed by atoms with Crippen LogP contribution in [0.4, 0.5) is 0 Å². The molecular formula is C18H23N5O. The van der Waals surface area contributed by atoms with Gasteiger partial charge in [-0.25, -0.2) is 4.99 Å². The van der Waals surface area contributed by atoms with Gasteiger partial charge in [0.15, 0.2) is 0 Å². The zero-order chi connectivity index (χ0) is 16.9. The number of rotatable bonds is 3. The van der Waals surface area contributed by atoms with Crippen molar-refractivity contribution in [2.75, 3.05) is 7.05 Å². The Hall–Kier alpha value is -2.44. The molecule has 2 heterocycles. The van der Waals surface area contributed by atoms with Crippen LogP contribution in [0.15, 0.2) is 71.0 Å². The highest BCUT2D eigenvalue weighted by atomic mass is 16.5. The minimum absolute atomic E-state index is 0.0484. The van der Waals surface area contributed by atoms with Gasteiger partial charge in [0.2, 0.25) is 0 Å². The van der Waals surface area contributed by atoms with Crippen LogP contribution in [0.3, 0.4) is 0 Å². The number of hydrogen-bond donors (Lipinski definition) is 3. The quantitative estimate of drug-likeness (QED) is 0.694. The molecule has 1 aliphatic carbocycles. The van der Waals surface area contributed by atoms with Gasteiger partial charge >= 0.3 is 0 Å². The second kappa shape index (κ2) is 7.42. The van der Waals surface area contributed by atoms with Crippen LogP contribution < -0.4 is 10.8 Å². The molecule has 3 rings (SSSR count). The van der Waals surface area contributed by atoms with E-state index >= 15 is 0 Å². The molecule has 0 radical (unpaired) electrons. The van der Waals surface area contributed by atoms with Gasteiger partial charge in [0, 0.05) is 18.0 Å². The number of nitrogens with one attached hydrogen (secondary N) is 2. The Morgan fingerprint density at radius 3 is 2.50 bits per heavy atom. The molecular weight excluding hydrogens is 302 g/mol. The molecule has 0 saturated carbocycles. The maximum atomic E-state index is 9.00. The Labute approximate surface area is 142 Å². The molecule has 0 aromatic carbocycles. The molecule has 24 heavy (non-hydrogen) atoms. The molecule has 0 aromatic heterocycles. The van der Waals surface area contributed by atoms with E-state index in [0.717, 1.165) is 5.71 Å². The third kappa shape index (κ3) is 3.25. The third-order valence-electron chi connectivity index (χ3n) is 4.43. The predicted octanol–water partition coefficient (Wildman–Crippen LogP) is 1.97. The van der Waals surface area contributed by atoms with Gasteiger partial charge in [0.25, 0.3) is 0 Å². The number of amidine groups is 1. The summed E-state index contributed by atoms with van der Waals surface area (Å²) in [5.41, 5.74) is 3.16. The second-order valence-electron chi connectivity index (χ2n) is 5.92. The van der Waals surface area contributed by atoms with E-state index in [1.54, 1.807) is 12.3 Å². The smallest absolute Gasteiger partial charge is 0.149 e. The van der Waals surface area contributed by atoms with Gasteiger partial charge < -0.3 is 0 Å². The average Bonchev–Trinajstić information content (AvgIpc) is 2.85. The van der Waals surface area contributed by atoms with Crippen LogP contribution in [0, 0.1) is 11.8 Å². The zero-order valence-electron chi connectivity index (χ0n) is 13.9. The first-order valence-corrected chi connectivity index (χ1v) is 8.13. The Kier molecular flexibility index (Phi) is 5.08. The molecule has 3 aliphatic rings. The van der Waals surface area contributed by atoms with E-state index in [9.17, 15) is 0 Å². The lowest BCUT2D eigenvalue weighted by Crippen LogP contribution is -2.46. The molecule has 0 spiro atoms. The summed E-state index contributed by atoms with van der Waals surface area (Å²) in [6.45, 7) is 2.18. The van der Waals surface area contributed by atoms with E-state index in [4.69, 9.17) is 10.3 Å². The summed E-state index contributed by atoms with van der Waals surface area (Å²) in [7, 11) is 1.96. The number of hydrogen-bond acceptors (Lipinski definition) is 6. The summed E-state index contributed by atoms with van der Waals surface area (Å²) >= 11 is 0. The number of nitrogens with zero attached hydrogens (tertiary/aromatic N) is 3. The van der Waals surface area contributed by atoms with Crippen molar-refractivity contribution in [3.63, 3.8) is 0 Å². The fraction of sp³-hybridized carbons (Fsp3) is 0.333. The number of allylic oxidation sites excluding steroid dienone is 6. The monoisotopic (exact) mass is 325 g/mol. The van der Waals surface area contributed by atoms with Crippen LogP contribution in [0.5, 0.6) is 0 Å². The van der Waals surface area contributed by atoms with E-state index in [2.05, 4.69) is 39.9 Å². The van der Waals surface area contributed by atoms with E-state index in [1.165, 1.54) is 0 Å². The minimum atomic E-state index is 0.0484. The van der Waals surface area contributed by atoms with E-state index in [0.29, 0.717) is 5.84 Å². The van der Waals surface area contributed by atoms with Crippen molar-refractivity contribution in [2.24, 2.45) is 21.9 Å². The fourth-order valence-electron chi connectivity index (χ4n) is 3.19. The third-order valence-corrected chi connectivity index (χ3v) is 4.43. The molecule has 3 atom stereocenters.